The monoisotopic (exact) mass is 236 g/mol. The summed E-state index contributed by atoms with van der Waals surface area (Å²) in [5.74, 6) is -0.0618. The second kappa shape index (κ2) is 4.99. The number of carbonyl (C=O) groups excluding carboxylic acids is 2. The topological polar surface area (TPSA) is 67.2 Å². The van der Waals surface area contributed by atoms with E-state index in [0.29, 0.717) is 26.1 Å². The second-order valence-corrected chi connectivity index (χ2v) is 4.10. The third-order valence-corrected chi connectivity index (χ3v) is 2.96. The van der Waals surface area contributed by atoms with Gasteiger partial charge in [-0.2, -0.15) is 0 Å². The van der Waals surface area contributed by atoms with Crippen molar-refractivity contribution in [3.8, 4) is 0 Å². The summed E-state index contributed by atoms with van der Waals surface area (Å²) in [6, 6.07) is -0.362. The maximum absolute atomic E-state index is 12.0. The normalized spacial score (nSPS) is 20.2. The highest BCUT2D eigenvalue weighted by Gasteiger charge is 2.28. The molecule has 1 N–H and O–H groups in total. The lowest BCUT2D eigenvalue weighted by molar-refractivity contribution is -0.142. The molecule has 6 nitrogen and oxygen atoms in total. The molecule has 1 aromatic heterocycles. The standard InChI is InChI=1S/C11H16N4O2/c1-9-11(17)13-4-7-15(9)10(16)2-5-14-6-3-12-8-14/h3,6,8-9H,2,4-5,7H2,1H3,(H,13,17). The van der Waals surface area contributed by atoms with Crippen LogP contribution in [-0.2, 0) is 16.1 Å². The van der Waals surface area contributed by atoms with Gasteiger partial charge in [-0.1, -0.05) is 0 Å². The molecule has 1 unspecified atom stereocenters. The van der Waals surface area contributed by atoms with Crippen molar-refractivity contribution >= 4 is 11.8 Å². The van der Waals surface area contributed by atoms with Crippen LogP contribution in [0, 0.1) is 0 Å². The van der Waals surface area contributed by atoms with Crippen molar-refractivity contribution in [1.82, 2.24) is 19.8 Å². The van der Waals surface area contributed by atoms with Crippen LogP contribution in [0.1, 0.15) is 13.3 Å². The summed E-state index contributed by atoms with van der Waals surface area (Å²) < 4.78 is 1.85. The molecule has 0 radical (unpaired) electrons. The number of nitrogens with zero attached hydrogens (tertiary/aromatic N) is 3. The van der Waals surface area contributed by atoms with Crippen LogP contribution >= 0.6 is 0 Å². The van der Waals surface area contributed by atoms with Gasteiger partial charge >= 0.3 is 0 Å². The molecule has 0 saturated carbocycles. The lowest BCUT2D eigenvalue weighted by Crippen LogP contribution is -2.55. The smallest absolute Gasteiger partial charge is 0.242 e. The zero-order valence-corrected chi connectivity index (χ0v) is 9.80. The first-order valence-corrected chi connectivity index (χ1v) is 5.71. The minimum atomic E-state index is -0.362. The summed E-state index contributed by atoms with van der Waals surface area (Å²) >= 11 is 0. The van der Waals surface area contributed by atoms with Crippen molar-refractivity contribution in [3.63, 3.8) is 0 Å². The Morgan fingerprint density at radius 2 is 2.47 bits per heavy atom. The zero-order chi connectivity index (χ0) is 12.3. The van der Waals surface area contributed by atoms with E-state index < -0.39 is 0 Å². The average Bonchev–Trinajstić information content (AvgIpc) is 2.82. The minimum Gasteiger partial charge on any atom is -0.353 e. The lowest BCUT2D eigenvalue weighted by Gasteiger charge is -2.32. The van der Waals surface area contributed by atoms with Crippen molar-refractivity contribution in [2.45, 2.75) is 25.9 Å². The van der Waals surface area contributed by atoms with E-state index in [1.54, 1.807) is 24.3 Å². The number of aryl methyl sites for hydroxylation is 1. The van der Waals surface area contributed by atoms with Gasteiger partial charge in [-0.05, 0) is 6.92 Å². The Bertz CT molecular complexity index is 402. The number of carbonyl (C=O) groups is 2. The quantitative estimate of drug-likeness (QED) is 0.778. The summed E-state index contributed by atoms with van der Waals surface area (Å²) in [4.78, 5) is 28.9. The van der Waals surface area contributed by atoms with Gasteiger partial charge in [0, 0.05) is 38.4 Å². The van der Waals surface area contributed by atoms with E-state index in [9.17, 15) is 9.59 Å². The Kier molecular flexibility index (Phi) is 3.41. The molecular formula is C11H16N4O2. The van der Waals surface area contributed by atoms with Gasteiger partial charge in [0.25, 0.3) is 0 Å². The van der Waals surface area contributed by atoms with E-state index in [1.165, 1.54) is 0 Å². The number of hydrogen-bond donors (Lipinski definition) is 1. The molecule has 2 heterocycles. The highest BCUT2D eigenvalue weighted by atomic mass is 16.2. The molecule has 2 amide bonds. The Balaban J connectivity index is 1.88. The zero-order valence-electron chi connectivity index (χ0n) is 9.80. The molecule has 0 spiro atoms. The average molecular weight is 236 g/mol. The van der Waals surface area contributed by atoms with Crippen molar-refractivity contribution < 1.29 is 9.59 Å². The lowest BCUT2D eigenvalue weighted by atomic mass is 10.2. The molecule has 92 valence electrons. The van der Waals surface area contributed by atoms with Crippen LogP contribution < -0.4 is 5.32 Å². The molecule has 1 atom stereocenters. The Morgan fingerprint density at radius 1 is 1.65 bits per heavy atom. The molecule has 1 aliphatic rings. The molecule has 1 aromatic rings. The number of amides is 2. The SMILES string of the molecule is CC1C(=O)NCCN1C(=O)CCn1ccnc1. The van der Waals surface area contributed by atoms with Gasteiger partial charge in [-0.25, -0.2) is 4.98 Å². The number of nitrogens with one attached hydrogen (secondary N) is 1. The van der Waals surface area contributed by atoms with Crippen LogP contribution in [-0.4, -0.2) is 45.4 Å². The predicted octanol–water partition coefficient (Wildman–Crippen LogP) is -0.380. The number of hydrogen-bond acceptors (Lipinski definition) is 3. The maximum Gasteiger partial charge on any atom is 0.242 e. The fourth-order valence-electron chi connectivity index (χ4n) is 1.91. The fourth-order valence-corrected chi connectivity index (χ4v) is 1.91. The molecular weight excluding hydrogens is 220 g/mol. The summed E-state index contributed by atoms with van der Waals surface area (Å²) in [5, 5.41) is 2.74. The fraction of sp³-hybridized carbons (Fsp3) is 0.545. The van der Waals surface area contributed by atoms with Gasteiger partial charge in [0.15, 0.2) is 0 Å². The van der Waals surface area contributed by atoms with Crippen LogP contribution in [0.2, 0.25) is 0 Å². The Labute approximate surface area is 99.6 Å². The van der Waals surface area contributed by atoms with E-state index >= 15 is 0 Å². The van der Waals surface area contributed by atoms with Gasteiger partial charge in [-0.15, -0.1) is 0 Å². The van der Waals surface area contributed by atoms with Gasteiger partial charge in [-0.3, -0.25) is 9.59 Å². The molecule has 2 rings (SSSR count). The molecule has 0 bridgehead atoms. The first kappa shape index (κ1) is 11.6. The van der Waals surface area contributed by atoms with E-state index in [1.807, 2.05) is 10.8 Å². The minimum absolute atomic E-state index is 0.0149. The number of aromatic nitrogens is 2. The van der Waals surface area contributed by atoms with Crippen LogP contribution in [0.25, 0.3) is 0 Å². The predicted molar refractivity (Wildman–Crippen MR) is 61.0 cm³/mol. The number of imidazole rings is 1. The van der Waals surface area contributed by atoms with E-state index in [0.717, 1.165) is 0 Å². The van der Waals surface area contributed by atoms with E-state index in [4.69, 9.17) is 0 Å². The highest BCUT2D eigenvalue weighted by molar-refractivity contribution is 5.88. The van der Waals surface area contributed by atoms with Crippen LogP contribution in [0.15, 0.2) is 18.7 Å². The van der Waals surface area contributed by atoms with Crippen LogP contribution in [0.5, 0.6) is 0 Å². The molecule has 0 aromatic carbocycles. The summed E-state index contributed by atoms with van der Waals surface area (Å²) in [7, 11) is 0. The summed E-state index contributed by atoms with van der Waals surface area (Å²) in [6.07, 6.45) is 5.58. The van der Waals surface area contributed by atoms with Crippen LogP contribution in [0.3, 0.4) is 0 Å². The van der Waals surface area contributed by atoms with Gasteiger partial charge in [0.05, 0.1) is 6.33 Å². The Morgan fingerprint density at radius 3 is 3.18 bits per heavy atom. The first-order valence-electron chi connectivity index (χ1n) is 5.71. The van der Waals surface area contributed by atoms with Gasteiger partial charge < -0.3 is 14.8 Å². The van der Waals surface area contributed by atoms with Crippen molar-refractivity contribution in [1.29, 1.82) is 0 Å². The second-order valence-electron chi connectivity index (χ2n) is 4.10. The molecule has 1 saturated heterocycles. The third kappa shape index (κ3) is 2.64. The first-order chi connectivity index (χ1) is 8.18. The van der Waals surface area contributed by atoms with E-state index in [2.05, 4.69) is 10.3 Å². The van der Waals surface area contributed by atoms with Gasteiger partial charge in [0.2, 0.25) is 11.8 Å². The van der Waals surface area contributed by atoms with Gasteiger partial charge in [0.1, 0.15) is 6.04 Å². The molecule has 6 heteroatoms. The third-order valence-electron chi connectivity index (χ3n) is 2.96. The largest absolute Gasteiger partial charge is 0.353 e. The molecule has 17 heavy (non-hydrogen) atoms. The van der Waals surface area contributed by atoms with Crippen LogP contribution in [0.4, 0.5) is 0 Å². The maximum atomic E-state index is 12.0. The number of rotatable bonds is 3. The molecule has 0 aliphatic carbocycles. The number of piperazine rings is 1. The van der Waals surface area contributed by atoms with Crippen molar-refractivity contribution in [3.05, 3.63) is 18.7 Å². The summed E-state index contributed by atoms with van der Waals surface area (Å²) in [6.45, 7) is 3.49. The highest BCUT2D eigenvalue weighted by Crippen LogP contribution is 2.07. The van der Waals surface area contributed by atoms with Crippen molar-refractivity contribution in [2.75, 3.05) is 13.1 Å². The molecule has 1 fully saturated rings. The Hall–Kier alpha value is -1.85. The van der Waals surface area contributed by atoms with E-state index in [-0.39, 0.29) is 17.9 Å². The summed E-state index contributed by atoms with van der Waals surface area (Å²) in [5.41, 5.74) is 0. The van der Waals surface area contributed by atoms with Crippen molar-refractivity contribution in [2.24, 2.45) is 0 Å². The molecule has 1 aliphatic heterocycles.